The minimum Gasteiger partial charge on any atom is -0.398 e. The van der Waals surface area contributed by atoms with Gasteiger partial charge in [-0.15, -0.1) is 0 Å². The highest BCUT2D eigenvalue weighted by Gasteiger charge is 2.35. The van der Waals surface area contributed by atoms with Crippen LogP contribution >= 0.6 is 0 Å². The molecule has 1 heterocycles. The van der Waals surface area contributed by atoms with Gasteiger partial charge in [-0.25, -0.2) is 8.78 Å². The second kappa shape index (κ2) is 5.35. The van der Waals surface area contributed by atoms with Gasteiger partial charge in [0, 0.05) is 29.9 Å². The van der Waals surface area contributed by atoms with Gasteiger partial charge in [-0.3, -0.25) is 0 Å². The van der Waals surface area contributed by atoms with Gasteiger partial charge in [0.2, 0.25) is 0 Å². The second-order valence-electron chi connectivity index (χ2n) is 5.52. The van der Waals surface area contributed by atoms with E-state index in [9.17, 15) is 8.78 Å². The molecule has 0 unspecified atom stereocenters. The van der Waals surface area contributed by atoms with Crippen LogP contribution in [0.15, 0.2) is 48.5 Å². The number of anilines is 2. The van der Waals surface area contributed by atoms with Crippen molar-refractivity contribution in [3.63, 3.8) is 0 Å². The van der Waals surface area contributed by atoms with E-state index in [1.54, 1.807) is 11.0 Å². The molecule has 110 valence electrons. The van der Waals surface area contributed by atoms with E-state index in [-0.39, 0.29) is 13.0 Å². The van der Waals surface area contributed by atoms with E-state index < -0.39 is 5.92 Å². The van der Waals surface area contributed by atoms with Crippen molar-refractivity contribution in [2.75, 3.05) is 23.7 Å². The van der Waals surface area contributed by atoms with Gasteiger partial charge in [0.05, 0.1) is 6.54 Å². The van der Waals surface area contributed by atoms with Crippen molar-refractivity contribution in [3.8, 4) is 11.1 Å². The van der Waals surface area contributed by atoms with Crippen molar-refractivity contribution in [2.24, 2.45) is 0 Å². The lowest BCUT2D eigenvalue weighted by atomic mass is 10.0. The number of nitrogens with two attached hydrogens (primary N) is 1. The third-order valence-corrected chi connectivity index (χ3v) is 3.88. The van der Waals surface area contributed by atoms with E-state index in [2.05, 4.69) is 0 Å². The molecule has 0 aromatic heterocycles. The zero-order valence-electron chi connectivity index (χ0n) is 11.7. The first-order valence-electron chi connectivity index (χ1n) is 7.13. The van der Waals surface area contributed by atoms with Gasteiger partial charge < -0.3 is 10.6 Å². The fraction of sp³-hybridized carbons (Fsp3) is 0.294. The Bertz CT molecular complexity index is 626. The number of alkyl halides is 2. The molecule has 2 N–H and O–H groups in total. The minimum absolute atomic E-state index is 0.0238. The Hall–Kier alpha value is -2.10. The number of piperidine rings is 1. The molecule has 1 aliphatic rings. The third kappa shape index (κ3) is 2.99. The van der Waals surface area contributed by atoms with Crippen LogP contribution in [-0.2, 0) is 0 Å². The van der Waals surface area contributed by atoms with Crippen LogP contribution in [0.3, 0.4) is 0 Å². The van der Waals surface area contributed by atoms with Crippen LogP contribution in [0.1, 0.15) is 12.8 Å². The number of nitrogen functional groups attached to an aromatic ring is 1. The zero-order chi connectivity index (χ0) is 14.9. The summed E-state index contributed by atoms with van der Waals surface area (Å²) in [5, 5.41) is 0. The fourth-order valence-electron chi connectivity index (χ4n) is 2.79. The predicted octanol–water partition coefficient (Wildman–Crippen LogP) is 4.17. The normalized spacial score (nSPS) is 17.7. The van der Waals surface area contributed by atoms with Crippen LogP contribution in [-0.4, -0.2) is 19.0 Å². The summed E-state index contributed by atoms with van der Waals surface area (Å²) in [6, 6.07) is 15.3. The van der Waals surface area contributed by atoms with Crippen molar-refractivity contribution < 1.29 is 8.78 Å². The van der Waals surface area contributed by atoms with Crippen molar-refractivity contribution in [2.45, 2.75) is 18.8 Å². The number of nitrogens with zero attached hydrogens (tertiary/aromatic N) is 1. The molecule has 0 atom stereocenters. The van der Waals surface area contributed by atoms with Crippen LogP contribution in [0, 0.1) is 0 Å². The summed E-state index contributed by atoms with van der Waals surface area (Å²) < 4.78 is 27.2. The third-order valence-electron chi connectivity index (χ3n) is 3.88. The number of hydrogen-bond acceptors (Lipinski definition) is 2. The van der Waals surface area contributed by atoms with Crippen LogP contribution in [0.4, 0.5) is 20.2 Å². The second-order valence-corrected chi connectivity index (χ2v) is 5.52. The van der Waals surface area contributed by atoms with Crippen molar-refractivity contribution in [1.82, 2.24) is 0 Å². The van der Waals surface area contributed by atoms with Gasteiger partial charge in [-0.2, -0.15) is 0 Å². The molecule has 0 aliphatic carbocycles. The first-order chi connectivity index (χ1) is 10.1. The van der Waals surface area contributed by atoms with Crippen molar-refractivity contribution >= 4 is 11.4 Å². The maximum atomic E-state index is 13.6. The molecule has 4 heteroatoms. The lowest BCUT2D eigenvalue weighted by Gasteiger charge is -2.34. The number of halogens is 2. The molecule has 2 aromatic rings. The number of hydrogen-bond donors (Lipinski definition) is 1. The number of benzene rings is 2. The molecule has 0 saturated carbocycles. The Morgan fingerprint density at radius 1 is 1.05 bits per heavy atom. The molecule has 21 heavy (non-hydrogen) atoms. The van der Waals surface area contributed by atoms with E-state index in [1.807, 2.05) is 42.5 Å². The average molecular weight is 288 g/mol. The monoisotopic (exact) mass is 288 g/mol. The van der Waals surface area contributed by atoms with E-state index in [0.29, 0.717) is 18.7 Å². The molecule has 1 saturated heterocycles. The highest BCUT2D eigenvalue weighted by molar-refractivity contribution is 5.79. The molecule has 2 nitrogen and oxygen atoms in total. The highest BCUT2D eigenvalue weighted by Crippen LogP contribution is 2.34. The van der Waals surface area contributed by atoms with Gasteiger partial charge in [0.1, 0.15) is 0 Å². The lowest BCUT2D eigenvalue weighted by molar-refractivity contribution is -0.0116. The van der Waals surface area contributed by atoms with Crippen LogP contribution in [0.2, 0.25) is 0 Å². The summed E-state index contributed by atoms with van der Waals surface area (Å²) in [4.78, 5) is 1.75. The summed E-state index contributed by atoms with van der Waals surface area (Å²) in [5.74, 6) is -2.60. The molecule has 0 bridgehead atoms. The highest BCUT2D eigenvalue weighted by atomic mass is 19.3. The molecule has 2 aromatic carbocycles. The van der Waals surface area contributed by atoms with E-state index >= 15 is 0 Å². The van der Waals surface area contributed by atoms with Crippen LogP contribution < -0.4 is 10.6 Å². The average Bonchev–Trinajstić information content (AvgIpc) is 2.47. The summed E-state index contributed by atoms with van der Waals surface area (Å²) in [5.41, 5.74) is 9.40. The minimum atomic E-state index is -2.60. The summed E-state index contributed by atoms with van der Waals surface area (Å²) in [7, 11) is 0. The van der Waals surface area contributed by atoms with Gasteiger partial charge in [-0.05, 0) is 30.2 Å². The van der Waals surface area contributed by atoms with Crippen LogP contribution in [0.25, 0.3) is 11.1 Å². The Morgan fingerprint density at radius 3 is 2.52 bits per heavy atom. The van der Waals surface area contributed by atoms with E-state index in [1.165, 1.54) is 0 Å². The molecule has 1 aliphatic heterocycles. The fourth-order valence-corrected chi connectivity index (χ4v) is 2.79. The SMILES string of the molecule is Nc1ccc(N2CCCC(F)(F)C2)cc1-c1ccccc1. The maximum Gasteiger partial charge on any atom is 0.265 e. The molecular weight excluding hydrogens is 270 g/mol. The maximum absolute atomic E-state index is 13.6. The van der Waals surface area contributed by atoms with Crippen molar-refractivity contribution in [1.29, 1.82) is 0 Å². The summed E-state index contributed by atoms with van der Waals surface area (Å²) >= 11 is 0. The topological polar surface area (TPSA) is 29.3 Å². The van der Waals surface area contributed by atoms with Crippen LogP contribution in [0.5, 0.6) is 0 Å². The Balaban J connectivity index is 1.94. The van der Waals surface area contributed by atoms with Gasteiger partial charge in [0.25, 0.3) is 5.92 Å². The largest absolute Gasteiger partial charge is 0.398 e. The molecule has 0 amide bonds. The predicted molar refractivity (Wildman–Crippen MR) is 82.7 cm³/mol. The molecule has 0 spiro atoms. The standard InChI is InChI=1S/C17H18F2N2/c18-17(19)9-4-10-21(12-17)14-7-8-16(20)15(11-14)13-5-2-1-3-6-13/h1-3,5-8,11H,4,9-10,12,20H2. The van der Waals surface area contributed by atoms with E-state index in [0.717, 1.165) is 16.8 Å². The Labute approximate surface area is 123 Å². The molecule has 3 rings (SSSR count). The van der Waals surface area contributed by atoms with Gasteiger partial charge >= 0.3 is 0 Å². The quantitative estimate of drug-likeness (QED) is 0.840. The summed E-state index contributed by atoms with van der Waals surface area (Å²) in [6.45, 7) is 0.443. The number of rotatable bonds is 2. The van der Waals surface area contributed by atoms with Crippen molar-refractivity contribution in [3.05, 3.63) is 48.5 Å². The molecular formula is C17H18F2N2. The molecule has 1 fully saturated rings. The Kier molecular flexibility index (Phi) is 3.53. The first-order valence-corrected chi connectivity index (χ1v) is 7.13. The van der Waals surface area contributed by atoms with Gasteiger partial charge in [-0.1, -0.05) is 30.3 Å². The van der Waals surface area contributed by atoms with Gasteiger partial charge in [0.15, 0.2) is 0 Å². The lowest BCUT2D eigenvalue weighted by Crippen LogP contribution is -2.42. The zero-order valence-corrected chi connectivity index (χ0v) is 11.7. The van der Waals surface area contributed by atoms with E-state index in [4.69, 9.17) is 5.73 Å². The first kappa shape index (κ1) is 13.9. The Morgan fingerprint density at radius 2 is 1.81 bits per heavy atom. The smallest absolute Gasteiger partial charge is 0.265 e. The summed E-state index contributed by atoms with van der Waals surface area (Å²) in [6.07, 6.45) is 0.488. The molecule has 0 radical (unpaired) electrons.